The van der Waals surface area contributed by atoms with E-state index >= 15 is 0 Å². The highest BCUT2D eigenvalue weighted by molar-refractivity contribution is 7.98. The third kappa shape index (κ3) is 4.46. The van der Waals surface area contributed by atoms with Gasteiger partial charge >= 0.3 is 0 Å². The number of halogens is 1. The molecule has 26 heavy (non-hydrogen) atoms. The van der Waals surface area contributed by atoms with Gasteiger partial charge in [-0.2, -0.15) is 0 Å². The second kappa shape index (κ2) is 8.99. The largest absolute Gasteiger partial charge is 0.383 e. The summed E-state index contributed by atoms with van der Waals surface area (Å²) in [6.07, 6.45) is 2.09. The van der Waals surface area contributed by atoms with Crippen molar-refractivity contribution in [3.63, 3.8) is 0 Å². The van der Waals surface area contributed by atoms with Crippen molar-refractivity contribution in [2.75, 3.05) is 13.7 Å². The molecule has 2 heterocycles. The summed E-state index contributed by atoms with van der Waals surface area (Å²) < 4.78 is 6.82. The molecule has 0 unspecified atom stereocenters. The van der Waals surface area contributed by atoms with Crippen LogP contribution in [0.3, 0.4) is 0 Å². The summed E-state index contributed by atoms with van der Waals surface area (Å²) in [5.41, 5.74) is 1.56. The van der Waals surface area contributed by atoms with Gasteiger partial charge in [-0.05, 0) is 31.0 Å². The predicted octanol–water partition coefficient (Wildman–Crippen LogP) is 4.40. The van der Waals surface area contributed by atoms with Crippen LogP contribution in [0.15, 0.2) is 33.5 Å². The maximum Gasteiger partial charge on any atom is 0.262 e. The summed E-state index contributed by atoms with van der Waals surface area (Å²) in [5, 5.41) is 5.02. The molecule has 0 saturated carbocycles. The molecule has 0 N–H and O–H groups in total. The van der Waals surface area contributed by atoms with E-state index in [0.29, 0.717) is 40.0 Å². The molecule has 138 valence electrons. The van der Waals surface area contributed by atoms with E-state index in [1.165, 1.54) is 11.8 Å². The Morgan fingerprint density at radius 3 is 2.96 bits per heavy atom. The Morgan fingerprint density at radius 1 is 1.35 bits per heavy atom. The van der Waals surface area contributed by atoms with Crippen molar-refractivity contribution in [1.29, 1.82) is 0 Å². The second-order valence-corrected chi connectivity index (χ2v) is 8.10. The molecule has 0 aliphatic heterocycles. The van der Waals surface area contributed by atoms with E-state index in [9.17, 15) is 4.79 Å². The summed E-state index contributed by atoms with van der Waals surface area (Å²) in [6.45, 7) is 3.06. The van der Waals surface area contributed by atoms with Gasteiger partial charge in [0, 0.05) is 23.3 Å². The van der Waals surface area contributed by atoms with E-state index < -0.39 is 0 Å². The summed E-state index contributed by atoms with van der Waals surface area (Å²) in [5.74, 6) is 0.672. The van der Waals surface area contributed by atoms with Crippen LogP contribution >= 0.6 is 34.7 Å². The average Bonchev–Trinajstić information content (AvgIpc) is 3.07. The monoisotopic (exact) mass is 409 g/mol. The van der Waals surface area contributed by atoms with Gasteiger partial charge in [-0.1, -0.05) is 30.3 Å². The van der Waals surface area contributed by atoms with Crippen LogP contribution in [0.1, 0.15) is 24.0 Å². The molecule has 1 aromatic carbocycles. The fraction of sp³-hybridized carbons (Fsp3) is 0.389. The van der Waals surface area contributed by atoms with Gasteiger partial charge in [0.1, 0.15) is 0 Å². The van der Waals surface area contributed by atoms with Crippen LogP contribution in [0.4, 0.5) is 0 Å². The first kappa shape index (κ1) is 19.4. The molecule has 0 atom stereocenters. The quantitative estimate of drug-likeness (QED) is 0.407. The van der Waals surface area contributed by atoms with E-state index in [1.54, 1.807) is 41.2 Å². The summed E-state index contributed by atoms with van der Waals surface area (Å²) >= 11 is 9.27. The van der Waals surface area contributed by atoms with Gasteiger partial charge < -0.3 is 4.74 Å². The van der Waals surface area contributed by atoms with Crippen molar-refractivity contribution in [2.24, 2.45) is 0 Å². The predicted molar refractivity (Wildman–Crippen MR) is 109 cm³/mol. The van der Waals surface area contributed by atoms with Crippen LogP contribution in [0.2, 0.25) is 5.02 Å². The van der Waals surface area contributed by atoms with Gasteiger partial charge in [0.2, 0.25) is 0 Å². The highest BCUT2D eigenvalue weighted by Crippen LogP contribution is 2.24. The Bertz CT molecular complexity index is 955. The normalized spacial score (nSPS) is 11.3. The molecule has 0 aliphatic rings. The van der Waals surface area contributed by atoms with E-state index in [1.807, 2.05) is 0 Å². The third-order valence-electron chi connectivity index (χ3n) is 3.81. The van der Waals surface area contributed by atoms with Crippen LogP contribution in [0.5, 0.6) is 0 Å². The Hall–Kier alpha value is -1.41. The minimum atomic E-state index is -0.0730. The lowest BCUT2D eigenvalue weighted by atomic mass is 10.2. The van der Waals surface area contributed by atoms with E-state index in [-0.39, 0.29) is 5.56 Å². The van der Waals surface area contributed by atoms with Crippen LogP contribution in [-0.4, -0.2) is 28.3 Å². The van der Waals surface area contributed by atoms with Crippen LogP contribution in [0, 0.1) is 0 Å². The number of fused-ring (bicyclic) bond motifs is 1. The van der Waals surface area contributed by atoms with Crippen molar-refractivity contribution < 1.29 is 4.74 Å². The molecule has 0 aliphatic carbocycles. The second-order valence-electron chi connectivity index (χ2n) is 5.78. The molecule has 5 nitrogen and oxygen atoms in total. The molecular formula is C18H20ClN3O2S2. The number of aryl methyl sites for hydroxylation is 1. The van der Waals surface area contributed by atoms with Gasteiger partial charge in [0.05, 0.1) is 34.8 Å². The third-order valence-corrected chi connectivity index (χ3v) is 6.02. The van der Waals surface area contributed by atoms with Gasteiger partial charge in [0.25, 0.3) is 5.56 Å². The molecule has 0 saturated heterocycles. The average molecular weight is 410 g/mol. The number of aromatic nitrogens is 3. The number of methoxy groups -OCH3 is 1. The standard InChI is InChI=1S/C18H20ClN3O2S2/c1-3-4-16-20-13(10-25-16)11-26-18-21-15-9-12(19)5-6-14(15)17(23)22(18)7-8-24-2/h5-6,9-10H,3-4,7-8,11H2,1-2H3. The SMILES string of the molecule is CCCc1nc(CSc2nc3cc(Cl)ccc3c(=O)n2CCOC)cs1. The molecule has 3 aromatic rings. The number of hydrogen-bond acceptors (Lipinski definition) is 6. The fourth-order valence-electron chi connectivity index (χ4n) is 2.55. The summed E-state index contributed by atoms with van der Waals surface area (Å²) in [6, 6.07) is 5.17. The minimum absolute atomic E-state index is 0.0730. The van der Waals surface area contributed by atoms with Crippen molar-refractivity contribution in [1.82, 2.24) is 14.5 Å². The number of hydrogen-bond donors (Lipinski definition) is 0. The smallest absolute Gasteiger partial charge is 0.262 e. The number of thioether (sulfide) groups is 1. The first-order chi connectivity index (χ1) is 12.6. The minimum Gasteiger partial charge on any atom is -0.383 e. The maximum absolute atomic E-state index is 12.9. The topological polar surface area (TPSA) is 57.0 Å². The first-order valence-corrected chi connectivity index (χ1v) is 10.6. The van der Waals surface area contributed by atoms with Crippen LogP contribution in [-0.2, 0) is 23.5 Å². The van der Waals surface area contributed by atoms with Crippen LogP contribution in [0.25, 0.3) is 10.9 Å². The van der Waals surface area contributed by atoms with Crippen molar-refractivity contribution >= 4 is 45.6 Å². The molecule has 0 amide bonds. The van der Waals surface area contributed by atoms with Gasteiger partial charge in [0.15, 0.2) is 5.16 Å². The zero-order valence-electron chi connectivity index (χ0n) is 14.7. The number of rotatable bonds is 8. The lowest BCUT2D eigenvalue weighted by molar-refractivity contribution is 0.183. The molecular weight excluding hydrogens is 390 g/mol. The van der Waals surface area contributed by atoms with Crippen molar-refractivity contribution in [3.8, 4) is 0 Å². The van der Waals surface area contributed by atoms with E-state index in [0.717, 1.165) is 23.5 Å². The van der Waals surface area contributed by atoms with E-state index in [2.05, 4.69) is 22.3 Å². The summed E-state index contributed by atoms with van der Waals surface area (Å²) in [4.78, 5) is 22.2. The van der Waals surface area contributed by atoms with Crippen molar-refractivity contribution in [3.05, 3.63) is 49.7 Å². The molecule has 0 bridgehead atoms. The molecule has 3 rings (SSSR count). The van der Waals surface area contributed by atoms with Crippen LogP contribution < -0.4 is 5.56 Å². The molecule has 2 aromatic heterocycles. The Kier molecular flexibility index (Phi) is 6.69. The van der Waals surface area contributed by atoms with E-state index in [4.69, 9.17) is 16.3 Å². The van der Waals surface area contributed by atoms with Gasteiger partial charge in [-0.15, -0.1) is 11.3 Å². The first-order valence-electron chi connectivity index (χ1n) is 8.37. The lowest BCUT2D eigenvalue weighted by Gasteiger charge is -2.12. The zero-order valence-corrected chi connectivity index (χ0v) is 17.1. The Balaban J connectivity index is 1.92. The number of ether oxygens (including phenoxy) is 1. The van der Waals surface area contributed by atoms with Gasteiger partial charge in [-0.3, -0.25) is 9.36 Å². The number of thiazole rings is 1. The number of nitrogens with zero attached hydrogens (tertiary/aromatic N) is 3. The van der Waals surface area contributed by atoms with Gasteiger partial charge in [-0.25, -0.2) is 9.97 Å². The van der Waals surface area contributed by atoms with Crippen molar-refractivity contribution in [2.45, 2.75) is 37.2 Å². The lowest BCUT2D eigenvalue weighted by Crippen LogP contribution is -2.25. The summed E-state index contributed by atoms with van der Waals surface area (Å²) in [7, 11) is 1.62. The molecule has 0 radical (unpaired) electrons. The molecule has 8 heteroatoms. The highest BCUT2D eigenvalue weighted by atomic mass is 35.5. The fourth-order valence-corrected chi connectivity index (χ4v) is 4.64. The highest BCUT2D eigenvalue weighted by Gasteiger charge is 2.13. The molecule has 0 spiro atoms. The Morgan fingerprint density at radius 2 is 2.19 bits per heavy atom. The number of benzene rings is 1. The molecule has 0 fully saturated rings. The maximum atomic E-state index is 12.9. The zero-order chi connectivity index (χ0) is 18.5. The Labute approximate surface area is 165 Å².